The number of benzene rings is 2. The molecule has 2 aromatic carbocycles. The van der Waals surface area contributed by atoms with Crippen molar-refractivity contribution in [1.29, 1.82) is 0 Å². The van der Waals surface area contributed by atoms with Crippen LogP contribution in [0, 0.1) is 0 Å². The summed E-state index contributed by atoms with van der Waals surface area (Å²) in [5.41, 5.74) is 3.33. The van der Waals surface area contributed by atoms with Gasteiger partial charge >= 0.3 is 0 Å². The first-order valence-corrected chi connectivity index (χ1v) is 10.6. The summed E-state index contributed by atoms with van der Waals surface area (Å²) in [5, 5.41) is 3.01. The predicted molar refractivity (Wildman–Crippen MR) is 127 cm³/mol. The number of nitrogens with one attached hydrogen (secondary N) is 1. The number of hydrogen-bond acceptors (Lipinski definition) is 4. The fourth-order valence-corrected chi connectivity index (χ4v) is 3.74. The van der Waals surface area contributed by atoms with Gasteiger partial charge in [0.05, 0.1) is 12.8 Å². The Morgan fingerprint density at radius 2 is 1.70 bits per heavy atom. The molecule has 0 spiro atoms. The number of rotatable bonds is 8. The minimum Gasteiger partial charge on any atom is -0.495 e. The number of nitrogens with zero attached hydrogens (tertiary/aromatic N) is 2. The molecule has 2 aromatic rings. The number of anilines is 2. The van der Waals surface area contributed by atoms with Gasteiger partial charge in [0.2, 0.25) is 5.91 Å². The number of piperazine rings is 1. The molecule has 0 radical (unpaired) electrons. The van der Waals surface area contributed by atoms with Crippen molar-refractivity contribution in [3.05, 3.63) is 54.1 Å². The van der Waals surface area contributed by atoms with Crippen LogP contribution in [0.2, 0.25) is 0 Å². The molecule has 0 saturated carbocycles. The van der Waals surface area contributed by atoms with Gasteiger partial charge in [0, 0.05) is 38.3 Å². The number of hydrogen-bond donors (Lipinski definition) is 1. The monoisotopic (exact) mass is 431 g/mol. The average Bonchev–Trinajstić information content (AvgIpc) is 2.74. The van der Waals surface area contributed by atoms with Crippen LogP contribution in [-0.2, 0) is 4.79 Å². The van der Waals surface area contributed by atoms with Crippen molar-refractivity contribution in [3.63, 3.8) is 0 Å². The van der Waals surface area contributed by atoms with E-state index in [0.29, 0.717) is 12.3 Å². The summed E-state index contributed by atoms with van der Waals surface area (Å²) in [5.74, 6) is 1.53. The zero-order chi connectivity index (χ0) is 20.6. The number of ether oxygens (including phenoxy) is 1. The van der Waals surface area contributed by atoms with Crippen LogP contribution in [0.4, 0.5) is 11.4 Å². The maximum Gasteiger partial charge on any atom is 0.224 e. The fraction of sp³-hybridized carbons (Fsp3) is 0.458. The first-order valence-electron chi connectivity index (χ1n) is 10.6. The maximum atomic E-state index is 12.2. The van der Waals surface area contributed by atoms with Gasteiger partial charge in [-0.2, -0.15) is 0 Å². The normalized spacial score (nSPS) is 14.3. The summed E-state index contributed by atoms with van der Waals surface area (Å²) >= 11 is 0. The Kier molecular flexibility index (Phi) is 9.47. The molecular formula is C24H34ClN3O2. The second kappa shape index (κ2) is 11.8. The number of para-hydroxylation sites is 2. The van der Waals surface area contributed by atoms with Crippen LogP contribution in [-0.4, -0.2) is 50.6 Å². The highest BCUT2D eigenvalue weighted by Gasteiger charge is 2.19. The van der Waals surface area contributed by atoms with Gasteiger partial charge in [0.1, 0.15) is 5.75 Å². The predicted octanol–water partition coefficient (Wildman–Crippen LogP) is 4.78. The lowest BCUT2D eigenvalue weighted by Gasteiger charge is -2.36. The maximum absolute atomic E-state index is 12.2. The molecule has 0 aromatic heterocycles. The van der Waals surface area contributed by atoms with Crippen LogP contribution in [0.3, 0.4) is 0 Å². The fourth-order valence-electron chi connectivity index (χ4n) is 3.74. The summed E-state index contributed by atoms with van der Waals surface area (Å²) in [6.07, 6.45) is 1.43. The zero-order valence-corrected chi connectivity index (χ0v) is 19.1. The topological polar surface area (TPSA) is 44.8 Å². The molecule has 1 aliphatic rings. The highest BCUT2D eigenvalue weighted by molar-refractivity contribution is 5.90. The molecule has 5 nitrogen and oxygen atoms in total. The molecule has 0 unspecified atom stereocenters. The van der Waals surface area contributed by atoms with Crippen LogP contribution in [0.1, 0.15) is 38.2 Å². The Morgan fingerprint density at radius 1 is 1.03 bits per heavy atom. The Morgan fingerprint density at radius 3 is 2.33 bits per heavy atom. The molecule has 1 aliphatic heterocycles. The average molecular weight is 432 g/mol. The molecule has 1 saturated heterocycles. The van der Waals surface area contributed by atoms with E-state index < -0.39 is 0 Å². The zero-order valence-electron chi connectivity index (χ0n) is 18.3. The molecule has 1 fully saturated rings. The SMILES string of the molecule is COc1ccccc1N1CCN(CCCC(=O)Nc2ccc(C(C)C)cc2)CC1.Cl. The van der Waals surface area contributed by atoms with Crippen LogP contribution in [0.5, 0.6) is 5.75 Å². The Hall–Kier alpha value is -2.24. The number of halogens is 1. The number of carbonyl (C=O) groups excluding carboxylic acids is 1. The van der Waals surface area contributed by atoms with Gasteiger partial charge in [0.25, 0.3) is 0 Å². The van der Waals surface area contributed by atoms with Crippen LogP contribution >= 0.6 is 12.4 Å². The van der Waals surface area contributed by atoms with E-state index in [1.54, 1.807) is 7.11 Å². The van der Waals surface area contributed by atoms with E-state index in [9.17, 15) is 4.79 Å². The highest BCUT2D eigenvalue weighted by atomic mass is 35.5. The van der Waals surface area contributed by atoms with E-state index in [4.69, 9.17) is 4.74 Å². The third-order valence-electron chi connectivity index (χ3n) is 5.54. The van der Waals surface area contributed by atoms with Crippen molar-refractivity contribution in [3.8, 4) is 5.75 Å². The van der Waals surface area contributed by atoms with E-state index in [1.165, 1.54) is 5.56 Å². The second-order valence-corrected chi connectivity index (χ2v) is 7.93. The number of amides is 1. The lowest BCUT2D eigenvalue weighted by atomic mass is 10.0. The third kappa shape index (κ3) is 6.64. The Bertz CT molecular complexity index is 787. The first kappa shape index (κ1) is 24.0. The molecule has 0 aliphatic carbocycles. The van der Waals surface area contributed by atoms with E-state index in [2.05, 4.69) is 53.2 Å². The molecule has 3 rings (SSSR count). The molecule has 1 heterocycles. The molecule has 0 bridgehead atoms. The second-order valence-electron chi connectivity index (χ2n) is 7.93. The lowest BCUT2D eigenvalue weighted by Crippen LogP contribution is -2.46. The Labute approximate surface area is 186 Å². The molecule has 0 atom stereocenters. The largest absolute Gasteiger partial charge is 0.495 e. The molecule has 1 amide bonds. The molecule has 1 N–H and O–H groups in total. The minimum atomic E-state index is 0. The minimum absolute atomic E-state index is 0. The Balaban J connectivity index is 0.00000320. The summed E-state index contributed by atoms with van der Waals surface area (Å²) < 4.78 is 5.48. The van der Waals surface area contributed by atoms with Crippen molar-refractivity contribution >= 4 is 29.7 Å². The van der Waals surface area contributed by atoms with Crippen molar-refractivity contribution in [2.24, 2.45) is 0 Å². The van der Waals surface area contributed by atoms with Crippen molar-refractivity contribution in [2.75, 3.05) is 50.1 Å². The van der Waals surface area contributed by atoms with Gasteiger partial charge < -0.3 is 15.0 Å². The van der Waals surface area contributed by atoms with Crippen LogP contribution < -0.4 is 15.0 Å². The van der Waals surface area contributed by atoms with Gasteiger partial charge in [-0.15, -0.1) is 12.4 Å². The standard InChI is InChI=1S/C24H33N3O2.ClH/c1-19(2)20-10-12-21(13-11-20)25-24(28)9-6-14-26-15-17-27(18-16-26)22-7-4-5-8-23(22)29-3;/h4-5,7-8,10-13,19H,6,9,14-18H2,1-3H3,(H,25,28);1H. The van der Waals surface area contributed by atoms with Crippen molar-refractivity contribution < 1.29 is 9.53 Å². The molecule has 30 heavy (non-hydrogen) atoms. The van der Waals surface area contributed by atoms with Crippen molar-refractivity contribution in [1.82, 2.24) is 4.90 Å². The van der Waals surface area contributed by atoms with Crippen LogP contribution in [0.15, 0.2) is 48.5 Å². The highest BCUT2D eigenvalue weighted by Crippen LogP contribution is 2.28. The van der Waals surface area contributed by atoms with Gasteiger partial charge in [-0.25, -0.2) is 0 Å². The van der Waals surface area contributed by atoms with Gasteiger partial charge in [-0.05, 0) is 48.7 Å². The molecule has 6 heteroatoms. The van der Waals surface area contributed by atoms with Crippen LogP contribution in [0.25, 0.3) is 0 Å². The van der Waals surface area contributed by atoms with E-state index in [-0.39, 0.29) is 18.3 Å². The number of methoxy groups -OCH3 is 1. The van der Waals surface area contributed by atoms with Crippen molar-refractivity contribution in [2.45, 2.75) is 32.6 Å². The van der Waals surface area contributed by atoms with E-state index >= 15 is 0 Å². The quantitative estimate of drug-likeness (QED) is 0.653. The van der Waals surface area contributed by atoms with E-state index in [0.717, 1.165) is 56.3 Å². The molecule has 164 valence electrons. The van der Waals surface area contributed by atoms with Gasteiger partial charge in [0.15, 0.2) is 0 Å². The summed E-state index contributed by atoms with van der Waals surface area (Å²) in [7, 11) is 1.72. The van der Waals surface area contributed by atoms with E-state index in [1.807, 2.05) is 24.3 Å². The summed E-state index contributed by atoms with van der Waals surface area (Å²) in [6.45, 7) is 9.28. The molecular weight excluding hydrogens is 398 g/mol. The third-order valence-corrected chi connectivity index (χ3v) is 5.54. The summed E-state index contributed by atoms with van der Waals surface area (Å²) in [4.78, 5) is 17.0. The smallest absolute Gasteiger partial charge is 0.224 e. The first-order chi connectivity index (χ1) is 14.1. The number of carbonyl (C=O) groups is 1. The lowest BCUT2D eigenvalue weighted by molar-refractivity contribution is -0.116. The van der Waals surface area contributed by atoms with Gasteiger partial charge in [-0.1, -0.05) is 38.1 Å². The summed E-state index contributed by atoms with van der Waals surface area (Å²) in [6, 6.07) is 16.3. The van der Waals surface area contributed by atoms with Gasteiger partial charge in [-0.3, -0.25) is 9.69 Å².